The lowest BCUT2D eigenvalue weighted by molar-refractivity contribution is 0.218. The molecule has 1 nitrogen and oxygen atoms in total. The van der Waals surface area contributed by atoms with E-state index in [0.29, 0.717) is 22.3 Å². The van der Waals surface area contributed by atoms with Crippen molar-refractivity contribution in [2.75, 3.05) is 6.61 Å². The van der Waals surface area contributed by atoms with Gasteiger partial charge >= 0.3 is 0 Å². The highest BCUT2D eigenvalue weighted by Gasteiger charge is 2.25. The average Bonchev–Trinajstić information content (AvgIpc) is 2.47. The fraction of sp³-hybridized carbons (Fsp3) is 0.222. The van der Waals surface area contributed by atoms with Gasteiger partial charge in [-0.25, -0.2) is 4.39 Å². The highest BCUT2D eigenvalue weighted by Crippen LogP contribution is 2.35. The number of hydrogen-bond donors (Lipinski definition) is 1. The minimum atomic E-state index is -0.555. The van der Waals surface area contributed by atoms with Gasteiger partial charge in [-0.15, -0.1) is 6.42 Å². The molecule has 0 amide bonds. The molecule has 2 heteroatoms. The van der Waals surface area contributed by atoms with Gasteiger partial charge in [-0.05, 0) is 41.5 Å². The van der Waals surface area contributed by atoms with Crippen LogP contribution in [0, 0.1) is 24.2 Å². The number of rotatable bonds is 3. The van der Waals surface area contributed by atoms with Gasteiger partial charge in [0.2, 0.25) is 0 Å². The minimum absolute atomic E-state index is 0.0773. The number of terminal acetylenes is 1. The van der Waals surface area contributed by atoms with Gasteiger partial charge in [-0.1, -0.05) is 31.9 Å². The predicted molar refractivity (Wildman–Crippen MR) is 78.7 cm³/mol. The van der Waals surface area contributed by atoms with Gasteiger partial charge in [0, 0.05) is 16.5 Å². The number of aliphatic hydroxyl groups is 1. The molecular formula is C18H16FO. The Balaban J connectivity index is 2.70. The van der Waals surface area contributed by atoms with Gasteiger partial charge in [0.25, 0.3) is 0 Å². The molecule has 101 valence electrons. The summed E-state index contributed by atoms with van der Waals surface area (Å²) in [4.78, 5) is 0. The summed E-state index contributed by atoms with van der Waals surface area (Å²) in [5, 5.41) is 9.54. The molecule has 0 saturated heterocycles. The Bertz CT molecular complexity index is 665. The summed E-state index contributed by atoms with van der Waals surface area (Å²) in [7, 11) is 0. The second kappa shape index (κ2) is 5.48. The van der Waals surface area contributed by atoms with Crippen LogP contribution >= 0.6 is 0 Å². The Labute approximate surface area is 119 Å². The van der Waals surface area contributed by atoms with Crippen LogP contribution in [0.1, 0.15) is 25.0 Å². The van der Waals surface area contributed by atoms with Crippen molar-refractivity contribution in [2.45, 2.75) is 19.3 Å². The third-order valence-electron chi connectivity index (χ3n) is 3.39. The van der Waals surface area contributed by atoms with Crippen molar-refractivity contribution in [3.63, 3.8) is 0 Å². The van der Waals surface area contributed by atoms with Crippen molar-refractivity contribution in [1.82, 2.24) is 0 Å². The van der Waals surface area contributed by atoms with Crippen molar-refractivity contribution in [3.05, 3.63) is 59.4 Å². The Hall–Kier alpha value is -2.11. The Kier molecular flexibility index (Phi) is 3.92. The zero-order valence-electron chi connectivity index (χ0n) is 11.6. The van der Waals surface area contributed by atoms with E-state index in [2.05, 4.69) is 12.0 Å². The molecule has 0 heterocycles. The largest absolute Gasteiger partial charge is 0.395 e. The molecule has 1 N–H and O–H groups in total. The van der Waals surface area contributed by atoms with Gasteiger partial charge in [-0.2, -0.15) is 0 Å². The standard InChI is InChI=1S/C18H16FO/c1-4-13-7-5-8-14(11-13)17-15(18(2,3)12-20)9-6-10-16(17)19/h1,5,7-11,20H,12H2,2-3H3. The van der Waals surface area contributed by atoms with Crippen LogP contribution < -0.4 is 0 Å². The van der Waals surface area contributed by atoms with E-state index in [1.807, 2.05) is 19.9 Å². The third-order valence-corrected chi connectivity index (χ3v) is 3.39. The maximum absolute atomic E-state index is 14.3. The normalized spacial score (nSPS) is 11.2. The molecule has 2 rings (SSSR count). The first kappa shape index (κ1) is 14.3. The molecule has 1 radical (unpaired) electrons. The van der Waals surface area contributed by atoms with Crippen LogP contribution in [-0.2, 0) is 5.41 Å². The highest BCUT2D eigenvalue weighted by atomic mass is 19.1. The molecule has 2 aromatic carbocycles. The highest BCUT2D eigenvalue weighted by molar-refractivity contribution is 5.70. The van der Waals surface area contributed by atoms with E-state index in [0.717, 1.165) is 0 Å². The molecule has 0 aliphatic carbocycles. The first-order valence-corrected chi connectivity index (χ1v) is 6.37. The maximum atomic E-state index is 14.3. The summed E-state index contributed by atoms with van der Waals surface area (Å²) in [5.41, 5.74) is 2.04. The number of aliphatic hydroxyl groups excluding tert-OH is 1. The number of hydrogen-bond acceptors (Lipinski definition) is 1. The molecule has 0 spiro atoms. The van der Waals surface area contributed by atoms with Crippen molar-refractivity contribution in [1.29, 1.82) is 0 Å². The molecule has 0 aliphatic heterocycles. The Morgan fingerprint density at radius 2 is 2.10 bits per heavy atom. The first-order chi connectivity index (χ1) is 9.49. The minimum Gasteiger partial charge on any atom is -0.395 e. The quantitative estimate of drug-likeness (QED) is 0.843. The molecule has 0 unspecified atom stereocenters. The molecule has 0 aromatic heterocycles. The van der Waals surface area contributed by atoms with Gasteiger partial charge in [0.15, 0.2) is 0 Å². The van der Waals surface area contributed by atoms with Gasteiger partial charge in [0.1, 0.15) is 5.82 Å². The summed E-state index contributed by atoms with van der Waals surface area (Å²) >= 11 is 0. The summed E-state index contributed by atoms with van der Waals surface area (Å²) in [5.74, 6) is 2.19. The van der Waals surface area contributed by atoms with Crippen molar-refractivity contribution in [2.24, 2.45) is 0 Å². The van der Waals surface area contributed by atoms with Gasteiger partial charge < -0.3 is 5.11 Å². The van der Waals surface area contributed by atoms with Crippen molar-refractivity contribution >= 4 is 0 Å². The molecule has 0 bridgehead atoms. The van der Waals surface area contributed by atoms with Crippen LogP contribution in [0.5, 0.6) is 0 Å². The van der Waals surface area contributed by atoms with Crippen LogP contribution in [0.25, 0.3) is 11.1 Å². The summed E-state index contributed by atoms with van der Waals surface area (Å²) < 4.78 is 14.3. The van der Waals surface area contributed by atoms with E-state index in [1.165, 1.54) is 6.07 Å². The van der Waals surface area contributed by atoms with Crippen LogP contribution in [0.15, 0.2) is 36.4 Å². The lowest BCUT2D eigenvalue weighted by Gasteiger charge is -2.25. The monoisotopic (exact) mass is 267 g/mol. The summed E-state index contributed by atoms with van der Waals surface area (Å²) in [6.07, 6.45) is 5.39. The maximum Gasteiger partial charge on any atom is 0.131 e. The van der Waals surface area contributed by atoms with E-state index >= 15 is 0 Å². The summed E-state index contributed by atoms with van der Waals surface area (Å²) in [6.45, 7) is 3.65. The van der Waals surface area contributed by atoms with Crippen LogP contribution in [0.2, 0.25) is 0 Å². The van der Waals surface area contributed by atoms with Crippen molar-refractivity contribution < 1.29 is 9.50 Å². The molecule has 0 fully saturated rings. The topological polar surface area (TPSA) is 20.2 Å². The fourth-order valence-corrected chi connectivity index (χ4v) is 2.15. The summed E-state index contributed by atoms with van der Waals surface area (Å²) in [6, 6.07) is 13.0. The number of halogens is 1. The second-order valence-corrected chi connectivity index (χ2v) is 5.36. The molecule has 20 heavy (non-hydrogen) atoms. The van der Waals surface area contributed by atoms with Crippen LogP contribution in [0.3, 0.4) is 0 Å². The zero-order valence-corrected chi connectivity index (χ0v) is 11.6. The van der Waals surface area contributed by atoms with E-state index in [-0.39, 0.29) is 12.4 Å². The average molecular weight is 267 g/mol. The van der Waals surface area contributed by atoms with Gasteiger partial charge in [0.05, 0.1) is 6.61 Å². The molecule has 0 aliphatic rings. The zero-order chi connectivity index (χ0) is 14.8. The molecular weight excluding hydrogens is 251 g/mol. The van der Waals surface area contributed by atoms with Crippen LogP contribution in [-0.4, -0.2) is 11.7 Å². The van der Waals surface area contributed by atoms with E-state index in [9.17, 15) is 9.50 Å². The number of benzene rings is 2. The SMILES string of the molecule is C#Cc1cccc(-c2c(F)c[c]cc2C(C)(C)CO)c1. The first-order valence-electron chi connectivity index (χ1n) is 6.37. The molecule has 0 saturated carbocycles. The third kappa shape index (κ3) is 2.59. The second-order valence-electron chi connectivity index (χ2n) is 5.36. The van der Waals surface area contributed by atoms with E-state index < -0.39 is 5.41 Å². The van der Waals surface area contributed by atoms with Crippen LogP contribution in [0.4, 0.5) is 4.39 Å². The van der Waals surface area contributed by atoms with Gasteiger partial charge in [-0.3, -0.25) is 0 Å². The Morgan fingerprint density at radius 3 is 2.75 bits per heavy atom. The molecule has 0 atom stereocenters. The molecule has 2 aromatic rings. The lowest BCUT2D eigenvalue weighted by atomic mass is 9.80. The Morgan fingerprint density at radius 1 is 1.35 bits per heavy atom. The predicted octanol–water partition coefficient (Wildman–Crippen LogP) is 3.54. The van der Waals surface area contributed by atoms with Crippen molar-refractivity contribution in [3.8, 4) is 23.5 Å². The smallest absolute Gasteiger partial charge is 0.131 e. The lowest BCUT2D eigenvalue weighted by Crippen LogP contribution is -2.23. The fourth-order valence-electron chi connectivity index (χ4n) is 2.15. The van der Waals surface area contributed by atoms with E-state index in [4.69, 9.17) is 6.42 Å². The van der Waals surface area contributed by atoms with E-state index in [1.54, 1.807) is 24.3 Å².